The van der Waals surface area contributed by atoms with Crippen molar-refractivity contribution in [2.24, 2.45) is 0 Å². The van der Waals surface area contributed by atoms with Crippen LogP contribution < -0.4 is 10.1 Å². The maximum atomic E-state index is 12.8. The van der Waals surface area contributed by atoms with E-state index in [2.05, 4.69) is 32.4 Å². The molecule has 1 aromatic carbocycles. The molecule has 178 valence electrons. The van der Waals surface area contributed by atoms with Gasteiger partial charge in [-0.1, -0.05) is 23.8 Å². The van der Waals surface area contributed by atoms with E-state index in [1.807, 2.05) is 48.2 Å². The molecule has 1 aliphatic heterocycles. The topological polar surface area (TPSA) is 86.4 Å². The number of carbonyl (C=O) groups excluding carboxylic acids is 1. The molecular weight excluding hydrogens is 428 g/mol. The van der Waals surface area contributed by atoms with Gasteiger partial charge in [0.25, 0.3) is 0 Å². The van der Waals surface area contributed by atoms with Crippen LogP contribution in [0.25, 0.3) is 11.0 Å². The van der Waals surface area contributed by atoms with E-state index in [1.54, 1.807) is 12.3 Å². The normalized spacial score (nSPS) is 18.3. The lowest BCUT2D eigenvalue weighted by Gasteiger charge is -2.24. The number of pyridine rings is 1. The number of hydrogen-bond acceptors (Lipinski definition) is 6. The zero-order valence-electron chi connectivity index (χ0n) is 19.8. The van der Waals surface area contributed by atoms with Gasteiger partial charge in [0.05, 0.1) is 0 Å². The van der Waals surface area contributed by atoms with Crippen molar-refractivity contribution in [3.63, 3.8) is 0 Å². The molecule has 2 aromatic heterocycles. The van der Waals surface area contributed by atoms with E-state index < -0.39 is 0 Å². The number of fused-ring (bicyclic) bond motifs is 1. The van der Waals surface area contributed by atoms with Gasteiger partial charge in [-0.3, -0.25) is 14.8 Å². The molecule has 1 saturated carbocycles. The number of nitrogens with one attached hydrogen (secondary N) is 2. The third-order valence-electron chi connectivity index (χ3n) is 6.66. The second-order valence-corrected chi connectivity index (χ2v) is 9.30. The van der Waals surface area contributed by atoms with Gasteiger partial charge in [0, 0.05) is 50.1 Å². The van der Waals surface area contributed by atoms with Gasteiger partial charge < -0.3 is 15.0 Å². The van der Waals surface area contributed by atoms with E-state index in [0.29, 0.717) is 29.8 Å². The zero-order valence-corrected chi connectivity index (χ0v) is 19.8. The molecule has 3 heterocycles. The molecule has 2 fully saturated rings. The van der Waals surface area contributed by atoms with Gasteiger partial charge in [0.2, 0.25) is 5.91 Å². The minimum Gasteiger partial charge on any atom is -0.456 e. The molecule has 5 rings (SSSR count). The van der Waals surface area contributed by atoms with Crippen LogP contribution in [0.1, 0.15) is 31.2 Å². The Kier molecular flexibility index (Phi) is 6.49. The molecule has 1 saturated heterocycles. The molecule has 0 spiro atoms. The van der Waals surface area contributed by atoms with Crippen LogP contribution in [0.5, 0.6) is 11.5 Å². The van der Waals surface area contributed by atoms with Crippen LogP contribution >= 0.6 is 0 Å². The van der Waals surface area contributed by atoms with Crippen LogP contribution in [0.2, 0.25) is 0 Å². The maximum absolute atomic E-state index is 12.8. The summed E-state index contributed by atoms with van der Waals surface area (Å²) in [5.41, 5.74) is 1.84. The molecule has 0 unspecified atom stereocenters. The van der Waals surface area contributed by atoms with Crippen molar-refractivity contribution in [2.45, 2.75) is 44.7 Å². The number of carbonyl (C=O) groups is 1. The van der Waals surface area contributed by atoms with Gasteiger partial charge in [-0.15, -0.1) is 0 Å². The molecule has 0 bridgehead atoms. The SMILES string of the molecule is Cc1ccc(Oc2ccnc3[nH]nc(NC[C@@H]4CCCN4C(=O)/C=C/CN(C)C4CC4)c23)cc1. The molecule has 1 amide bonds. The van der Waals surface area contributed by atoms with Gasteiger partial charge >= 0.3 is 0 Å². The Balaban J connectivity index is 1.24. The Morgan fingerprint density at radius 3 is 2.88 bits per heavy atom. The highest BCUT2D eigenvalue weighted by molar-refractivity contribution is 5.93. The van der Waals surface area contributed by atoms with Gasteiger partial charge in [-0.2, -0.15) is 5.10 Å². The van der Waals surface area contributed by atoms with Crippen molar-refractivity contribution in [1.82, 2.24) is 25.0 Å². The first kappa shape index (κ1) is 22.4. The van der Waals surface area contributed by atoms with Gasteiger partial charge in [0.1, 0.15) is 16.9 Å². The number of ether oxygens (including phenoxy) is 1. The number of anilines is 1. The number of benzene rings is 1. The maximum Gasteiger partial charge on any atom is 0.246 e. The van der Waals surface area contributed by atoms with Crippen molar-refractivity contribution in [1.29, 1.82) is 0 Å². The molecular formula is C26H32N6O2. The number of hydrogen-bond donors (Lipinski definition) is 2. The number of aromatic amines is 1. The monoisotopic (exact) mass is 460 g/mol. The molecule has 0 radical (unpaired) electrons. The number of likely N-dealkylation sites (N-methyl/N-ethyl adjacent to an activating group) is 1. The van der Waals surface area contributed by atoms with Crippen LogP contribution in [-0.4, -0.2) is 69.7 Å². The lowest BCUT2D eigenvalue weighted by Crippen LogP contribution is -2.38. The van der Waals surface area contributed by atoms with E-state index in [1.165, 1.54) is 18.4 Å². The second-order valence-electron chi connectivity index (χ2n) is 9.30. The molecule has 8 heteroatoms. The van der Waals surface area contributed by atoms with E-state index in [9.17, 15) is 4.79 Å². The second kappa shape index (κ2) is 9.85. The minimum atomic E-state index is 0.0884. The molecule has 34 heavy (non-hydrogen) atoms. The smallest absolute Gasteiger partial charge is 0.246 e. The number of aromatic nitrogens is 3. The summed E-state index contributed by atoms with van der Waals surface area (Å²) in [5, 5.41) is 11.7. The predicted molar refractivity (Wildman–Crippen MR) is 133 cm³/mol. The molecule has 2 aliphatic rings. The van der Waals surface area contributed by atoms with E-state index in [0.717, 1.165) is 37.1 Å². The summed E-state index contributed by atoms with van der Waals surface area (Å²) in [6.07, 6.45) is 9.96. The predicted octanol–water partition coefficient (Wildman–Crippen LogP) is 4.11. The average molecular weight is 461 g/mol. The summed E-state index contributed by atoms with van der Waals surface area (Å²) in [5.74, 6) is 2.22. The first-order valence-corrected chi connectivity index (χ1v) is 12.1. The highest BCUT2D eigenvalue weighted by Gasteiger charge is 2.28. The Hall–Kier alpha value is -3.39. The van der Waals surface area contributed by atoms with Gasteiger partial charge in [-0.25, -0.2) is 4.98 Å². The summed E-state index contributed by atoms with van der Waals surface area (Å²) in [6, 6.07) is 10.6. The number of nitrogens with zero attached hydrogens (tertiary/aromatic N) is 4. The Labute approximate surface area is 200 Å². The standard InChI is InChI=1S/C26H32N6O2/c1-18-7-11-21(12-8-18)34-22-13-14-27-25-24(22)26(30-29-25)28-17-20-5-3-16-32(20)23(33)6-4-15-31(2)19-9-10-19/h4,6-8,11-14,19-20H,3,5,9-10,15-17H2,1-2H3,(H2,27,28,29,30)/b6-4+/t20-/m0/s1. The van der Waals surface area contributed by atoms with Gasteiger partial charge in [-0.05, 0) is 51.8 Å². The largest absolute Gasteiger partial charge is 0.456 e. The fourth-order valence-electron chi connectivity index (χ4n) is 4.50. The summed E-state index contributed by atoms with van der Waals surface area (Å²) in [7, 11) is 2.12. The summed E-state index contributed by atoms with van der Waals surface area (Å²) in [6.45, 7) is 4.29. The third-order valence-corrected chi connectivity index (χ3v) is 6.66. The molecule has 2 N–H and O–H groups in total. The highest BCUT2D eigenvalue weighted by Crippen LogP contribution is 2.33. The summed E-state index contributed by atoms with van der Waals surface area (Å²) >= 11 is 0. The lowest BCUT2D eigenvalue weighted by atomic mass is 10.2. The highest BCUT2D eigenvalue weighted by atomic mass is 16.5. The molecule has 3 aromatic rings. The van der Waals surface area contributed by atoms with Crippen LogP contribution in [0.4, 0.5) is 5.82 Å². The van der Waals surface area contributed by atoms with Crippen molar-refractivity contribution in [3.8, 4) is 11.5 Å². The Morgan fingerprint density at radius 1 is 1.26 bits per heavy atom. The first-order valence-electron chi connectivity index (χ1n) is 12.1. The van der Waals surface area contributed by atoms with E-state index in [4.69, 9.17) is 4.74 Å². The summed E-state index contributed by atoms with van der Waals surface area (Å²) < 4.78 is 6.14. The van der Waals surface area contributed by atoms with Crippen LogP contribution in [0, 0.1) is 6.92 Å². The van der Waals surface area contributed by atoms with Crippen LogP contribution in [-0.2, 0) is 4.79 Å². The number of H-pyrrole nitrogens is 1. The molecule has 8 nitrogen and oxygen atoms in total. The first-order chi connectivity index (χ1) is 16.6. The number of rotatable bonds is 9. The van der Waals surface area contributed by atoms with E-state index in [-0.39, 0.29) is 11.9 Å². The quantitative estimate of drug-likeness (QED) is 0.468. The Morgan fingerprint density at radius 2 is 2.09 bits per heavy atom. The fourth-order valence-corrected chi connectivity index (χ4v) is 4.50. The molecule has 1 aliphatic carbocycles. The van der Waals surface area contributed by atoms with Gasteiger partial charge in [0.15, 0.2) is 11.5 Å². The lowest BCUT2D eigenvalue weighted by molar-refractivity contribution is -0.126. The van der Waals surface area contributed by atoms with Crippen molar-refractivity contribution in [2.75, 3.05) is 32.0 Å². The number of amides is 1. The van der Waals surface area contributed by atoms with Crippen LogP contribution in [0.3, 0.4) is 0 Å². The van der Waals surface area contributed by atoms with Crippen molar-refractivity contribution < 1.29 is 9.53 Å². The zero-order chi connectivity index (χ0) is 23.5. The van der Waals surface area contributed by atoms with Crippen molar-refractivity contribution >= 4 is 22.8 Å². The number of likely N-dealkylation sites (tertiary alicyclic amines) is 1. The van der Waals surface area contributed by atoms with Crippen LogP contribution in [0.15, 0.2) is 48.7 Å². The third kappa shape index (κ3) is 5.07. The molecule has 1 atom stereocenters. The average Bonchev–Trinajstić information content (AvgIpc) is 3.44. The fraction of sp³-hybridized carbons (Fsp3) is 0.423. The minimum absolute atomic E-state index is 0.0884. The van der Waals surface area contributed by atoms with Crippen molar-refractivity contribution in [3.05, 3.63) is 54.2 Å². The summed E-state index contributed by atoms with van der Waals surface area (Å²) in [4.78, 5) is 21.5. The Bertz CT molecular complexity index is 1170. The number of aryl methyl sites for hydroxylation is 1. The van der Waals surface area contributed by atoms with E-state index >= 15 is 0 Å².